The molecule has 1 aliphatic rings. The van der Waals surface area contributed by atoms with E-state index in [4.69, 9.17) is 4.74 Å². The van der Waals surface area contributed by atoms with Crippen molar-refractivity contribution >= 4 is 11.7 Å². The highest BCUT2D eigenvalue weighted by atomic mass is 16.5. The molecule has 2 heterocycles. The average Bonchev–Trinajstić information content (AvgIpc) is 2.85. The van der Waals surface area contributed by atoms with Gasteiger partial charge in [0.25, 0.3) is 0 Å². The van der Waals surface area contributed by atoms with Crippen molar-refractivity contribution < 1.29 is 9.53 Å². The number of anilines is 1. The van der Waals surface area contributed by atoms with Crippen LogP contribution in [0.3, 0.4) is 0 Å². The van der Waals surface area contributed by atoms with Crippen molar-refractivity contribution in [2.45, 2.75) is 19.3 Å². The van der Waals surface area contributed by atoms with Gasteiger partial charge in [-0.1, -0.05) is 42.5 Å². The molecule has 1 aromatic heterocycles. The van der Waals surface area contributed by atoms with E-state index in [1.807, 2.05) is 66.7 Å². The first-order valence-corrected chi connectivity index (χ1v) is 10.8. The van der Waals surface area contributed by atoms with Gasteiger partial charge in [-0.2, -0.15) is 0 Å². The number of nitrogens with one attached hydrogen (secondary N) is 1. The van der Waals surface area contributed by atoms with Gasteiger partial charge >= 0.3 is 0 Å². The minimum absolute atomic E-state index is 0.0590. The van der Waals surface area contributed by atoms with Gasteiger partial charge < -0.3 is 15.0 Å². The molecule has 3 aromatic rings. The number of piperidine rings is 1. The van der Waals surface area contributed by atoms with Gasteiger partial charge in [-0.3, -0.25) is 4.79 Å². The number of carbonyl (C=O) groups is 1. The fraction of sp³-hybridized carbons (Fsp3) is 0.320. The highest BCUT2D eigenvalue weighted by molar-refractivity contribution is 5.79. The lowest BCUT2D eigenvalue weighted by Gasteiger charge is -2.31. The zero-order valence-corrected chi connectivity index (χ0v) is 17.8. The molecule has 2 aromatic carbocycles. The topological polar surface area (TPSA) is 67.3 Å². The number of aromatic nitrogens is 2. The molecule has 0 saturated carbocycles. The molecule has 0 bridgehead atoms. The summed E-state index contributed by atoms with van der Waals surface area (Å²) in [5, 5.41) is 11.9. The highest BCUT2D eigenvalue weighted by Gasteiger charge is 2.25. The van der Waals surface area contributed by atoms with Gasteiger partial charge in [0.1, 0.15) is 5.75 Å². The van der Waals surface area contributed by atoms with Gasteiger partial charge in [0.2, 0.25) is 5.91 Å². The first kappa shape index (κ1) is 20.8. The number of methoxy groups -OCH3 is 1. The Morgan fingerprint density at radius 1 is 1.00 bits per heavy atom. The zero-order chi connectivity index (χ0) is 21.5. The van der Waals surface area contributed by atoms with E-state index in [0.717, 1.165) is 55.2 Å². The van der Waals surface area contributed by atoms with Crippen LogP contribution in [0.5, 0.6) is 5.75 Å². The van der Waals surface area contributed by atoms with Crippen LogP contribution >= 0.6 is 0 Å². The number of hydrogen-bond acceptors (Lipinski definition) is 5. The minimum atomic E-state index is 0.0590. The van der Waals surface area contributed by atoms with Crippen LogP contribution in [0.25, 0.3) is 11.3 Å². The normalized spacial score (nSPS) is 14.3. The molecular formula is C25H28N4O2. The molecule has 160 valence electrons. The number of amides is 1. The number of hydrogen-bond donors (Lipinski definition) is 1. The fourth-order valence-corrected chi connectivity index (χ4v) is 3.89. The van der Waals surface area contributed by atoms with Crippen LogP contribution in [0, 0.1) is 5.92 Å². The molecular weight excluding hydrogens is 388 g/mol. The van der Waals surface area contributed by atoms with E-state index in [1.165, 1.54) is 5.56 Å². The lowest BCUT2D eigenvalue weighted by atomic mass is 9.96. The molecule has 6 nitrogen and oxygen atoms in total. The number of ether oxygens (including phenoxy) is 1. The predicted octanol–water partition coefficient (Wildman–Crippen LogP) is 3.73. The quantitative estimate of drug-likeness (QED) is 0.636. The van der Waals surface area contributed by atoms with E-state index in [-0.39, 0.29) is 11.8 Å². The van der Waals surface area contributed by atoms with Crippen molar-refractivity contribution in [3.8, 4) is 17.0 Å². The number of rotatable bonds is 7. The molecule has 1 saturated heterocycles. The first-order chi connectivity index (χ1) is 15.2. The third kappa shape index (κ3) is 5.40. The molecule has 0 radical (unpaired) electrons. The van der Waals surface area contributed by atoms with Gasteiger partial charge in [0, 0.05) is 31.1 Å². The number of benzene rings is 2. The smallest absolute Gasteiger partial charge is 0.223 e. The molecule has 0 aliphatic carbocycles. The maximum Gasteiger partial charge on any atom is 0.223 e. The van der Waals surface area contributed by atoms with Gasteiger partial charge in [-0.25, -0.2) is 0 Å². The molecule has 0 spiro atoms. The van der Waals surface area contributed by atoms with E-state index >= 15 is 0 Å². The van der Waals surface area contributed by atoms with Crippen molar-refractivity contribution in [1.82, 2.24) is 15.5 Å². The van der Waals surface area contributed by atoms with E-state index in [2.05, 4.69) is 20.4 Å². The van der Waals surface area contributed by atoms with Crippen molar-refractivity contribution in [2.75, 3.05) is 31.6 Å². The summed E-state index contributed by atoms with van der Waals surface area (Å²) in [7, 11) is 1.66. The van der Waals surface area contributed by atoms with E-state index in [0.29, 0.717) is 6.54 Å². The Balaban J connectivity index is 1.23. The lowest BCUT2D eigenvalue weighted by Crippen LogP contribution is -2.41. The number of nitrogens with zero attached hydrogens (tertiary/aromatic N) is 3. The predicted molar refractivity (Wildman–Crippen MR) is 122 cm³/mol. The molecule has 0 atom stereocenters. The summed E-state index contributed by atoms with van der Waals surface area (Å²) in [5.41, 5.74) is 3.12. The maximum absolute atomic E-state index is 12.6. The van der Waals surface area contributed by atoms with E-state index < -0.39 is 0 Å². The van der Waals surface area contributed by atoms with Gasteiger partial charge in [0.15, 0.2) is 5.82 Å². The van der Waals surface area contributed by atoms with Crippen LogP contribution < -0.4 is 15.0 Å². The maximum atomic E-state index is 12.6. The minimum Gasteiger partial charge on any atom is -0.497 e. The molecule has 31 heavy (non-hydrogen) atoms. The van der Waals surface area contributed by atoms with E-state index in [9.17, 15) is 4.79 Å². The Hall–Kier alpha value is -3.41. The molecule has 1 aliphatic heterocycles. The molecule has 1 fully saturated rings. The SMILES string of the molecule is COc1ccc(CCNC(=O)C2CCN(c3ccc(-c4ccccc4)nn3)CC2)cc1. The van der Waals surface area contributed by atoms with Gasteiger partial charge in [-0.15, -0.1) is 10.2 Å². The Labute approximate surface area is 183 Å². The van der Waals surface area contributed by atoms with Crippen LogP contribution in [-0.2, 0) is 11.2 Å². The summed E-state index contributed by atoms with van der Waals surface area (Å²) < 4.78 is 5.18. The molecule has 1 amide bonds. The van der Waals surface area contributed by atoms with Gasteiger partial charge in [-0.05, 0) is 49.1 Å². The average molecular weight is 417 g/mol. The van der Waals surface area contributed by atoms with Crippen molar-refractivity contribution in [3.05, 3.63) is 72.3 Å². The number of carbonyl (C=O) groups excluding carboxylic acids is 1. The Kier molecular flexibility index (Phi) is 6.77. The van der Waals surface area contributed by atoms with Crippen molar-refractivity contribution in [1.29, 1.82) is 0 Å². The molecule has 0 unspecified atom stereocenters. The third-order valence-electron chi connectivity index (χ3n) is 5.78. The zero-order valence-electron chi connectivity index (χ0n) is 17.8. The third-order valence-corrected chi connectivity index (χ3v) is 5.78. The first-order valence-electron chi connectivity index (χ1n) is 10.8. The second-order valence-corrected chi connectivity index (χ2v) is 7.79. The van der Waals surface area contributed by atoms with E-state index in [1.54, 1.807) is 7.11 Å². The standard InChI is InChI=1S/C25H28N4O2/c1-31-22-9-7-19(8-10-22)13-16-26-25(30)21-14-17-29(18-15-21)24-12-11-23(27-28-24)20-5-3-2-4-6-20/h2-12,21H,13-18H2,1H3,(H,26,30). The summed E-state index contributed by atoms with van der Waals surface area (Å²) in [6.07, 6.45) is 2.48. The lowest BCUT2D eigenvalue weighted by molar-refractivity contribution is -0.125. The van der Waals surface area contributed by atoms with Crippen LogP contribution in [-0.4, -0.2) is 42.8 Å². The molecule has 6 heteroatoms. The largest absolute Gasteiger partial charge is 0.497 e. The van der Waals surface area contributed by atoms with Crippen molar-refractivity contribution in [2.24, 2.45) is 5.92 Å². The van der Waals surface area contributed by atoms with Crippen LogP contribution in [0.4, 0.5) is 5.82 Å². The summed E-state index contributed by atoms with van der Waals surface area (Å²) in [4.78, 5) is 14.8. The Morgan fingerprint density at radius 2 is 1.74 bits per heavy atom. The molecule has 4 rings (SSSR count). The van der Waals surface area contributed by atoms with Gasteiger partial charge in [0.05, 0.1) is 12.8 Å². The second kappa shape index (κ2) is 10.1. The fourth-order valence-electron chi connectivity index (χ4n) is 3.89. The Morgan fingerprint density at radius 3 is 2.39 bits per heavy atom. The van der Waals surface area contributed by atoms with Crippen LogP contribution in [0.2, 0.25) is 0 Å². The summed E-state index contributed by atoms with van der Waals surface area (Å²) in [5.74, 6) is 1.93. The summed E-state index contributed by atoms with van der Waals surface area (Å²) in [6, 6.07) is 22.0. The Bertz CT molecular complexity index is 967. The highest BCUT2D eigenvalue weighted by Crippen LogP contribution is 2.23. The van der Waals surface area contributed by atoms with Crippen molar-refractivity contribution in [3.63, 3.8) is 0 Å². The summed E-state index contributed by atoms with van der Waals surface area (Å²) >= 11 is 0. The summed E-state index contributed by atoms with van der Waals surface area (Å²) in [6.45, 7) is 2.28. The van der Waals surface area contributed by atoms with Crippen LogP contribution in [0.15, 0.2) is 66.7 Å². The second-order valence-electron chi connectivity index (χ2n) is 7.79. The molecule has 1 N–H and O–H groups in total. The van der Waals surface area contributed by atoms with Crippen LogP contribution in [0.1, 0.15) is 18.4 Å². The monoisotopic (exact) mass is 416 g/mol.